The largest absolute Gasteiger partial charge is 0.354 e. The van der Waals surface area contributed by atoms with Crippen molar-refractivity contribution in [2.45, 2.75) is 38.3 Å². The van der Waals surface area contributed by atoms with Crippen LogP contribution in [0.3, 0.4) is 0 Å². The lowest BCUT2D eigenvalue weighted by Gasteiger charge is -2.24. The quantitative estimate of drug-likeness (QED) is 0.662. The second-order valence-electron chi connectivity index (χ2n) is 6.95. The molecular formula is C21H24N6O. The number of carbonyl (C=O) groups excluding carboxylic acids is 1. The lowest BCUT2D eigenvalue weighted by atomic mass is 9.92. The first kappa shape index (κ1) is 18.2. The summed E-state index contributed by atoms with van der Waals surface area (Å²) in [6, 6.07) is 12.1. The van der Waals surface area contributed by atoms with Gasteiger partial charge in [-0.1, -0.05) is 30.3 Å². The molecule has 0 unspecified atom stereocenters. The first-order chi connectivity index (χ1) is 13.8. The summed E-state index contributed by atoms with van der Waals surface area (Å²) >= 11 is 0. The Labute approximate surface area is 164 Å². The number of amides is 1. The fourth-order valence-corrected chi connectivity index (χ4v) is 3.61. The van der Waals surface area contributed by atoms with Crippen LogP contribution in [0.2, 0.25) is 0 Å². The normalized spacial score (nSPS) is 15.6. The molecule has 0 fully saturated rings. The predicted octanol–water partition coefficient (Wildman–Crippen LogP) is 2.72. The van der Waals surface area contributed by atoms with E-state index in [4.69, 9.17) is 0 Å². The van der Waals surface area contributed by atoms with E-state index in [1.165, 1.54) is 11.3 Å². The van der Waals surface area contributed by atoms with Gasteiger partial charge in [-0.25, -0.2) is 9.97 Å². The van der Waals surface area contributed by atoms with Crippen LogP contribution in [0, 0.1) is 0 Å². The van der Waals surface area contributed by atoms with E-state index in [1.54, 1.807) is 18.5 Å². The van der Waals surface area contributed by atoms with Crippen LogP contribution in [-0.4, -0.2) is 32.2 Å². The minimum absolute atomic E-state index is 0.0251. The van der Waals surface area contributed by atoms with Crippen LogP contribution in [0.25, 0.3) is 0 Å². The highest BCUT2D eigenvalue weighted by molar-refractivity contribution is 5.77. The molecule has 0 saturated heterocycles. The molecule has 1 aliphatic rings. The number of hydrogen-bond donors (Lipinski definition) is 2. The standard InChI is InChI=1S/C21H24N6O/c28-20(10-13-24-21-22-11-5-12-23-21)26-18-8-4-9-19-17(18)14-25-27(19)15-16-6-2-1-3-7-16/h1-3,5-7,11-12,14,18H,4,8-10,13,15H2,(H,26,28)(H,22,23,24)/t18-/m1/s1. The number of rotatable bonds is 7. The van der Waals surface area contributed by atoms with Crippen LogP contribution in [0.5, 0.6) is 0 Å². The van der Waals surface area contributed by atoms with Gasteiger partial charge in [0.05, 0.1) is 18.8 Å². The molecule has 2 aromatic heterocycles. The second kappa shape index (κ2) is 8.65. The monoisotopic (exact) mass is 376 g/mol. The molecule has 1 aromatic carbocycles. The topological polar surface area (TPSA) is 84.7 Å². The van der Waals surface area contributed by atoms with Crippen molar-refractivity contribution in [3.63, 3.8) is 0 Å². The Morgan fingerprint density at radius 2 is 1.96 bits per heavy atom. The first-order valence-corrected chi connectivity index (χ1v) is 9.68. The summed E-state index contributed by atoms with van der Waals surface area (Å²) in [6.07, 6.45) is 8.64. The van der Waals surface area contributed by atoms with E-state index in [9.17, 15) is 4.79 Å². The van der Waals surface area contributed by atoms with Crippen LogP contribution < -0.4 is 10.6 Å². The number of anilines is 1. The van der Waals surface area contributed by atoms with Crippen molar-refractivity contribution in [2.24, 2.45) is 0 Å². The number of aromatic nitrogens is 4. The fourth-order valence-electron chi connectivity index (χ4n) is 3.61. The maximum absolute atomic E-state index is 12.4. The van der Waals surface area contributed by atoms with Crippen molar-refractivity contribution in [1.29, 1.82) is 0 Å². The van der Waals surface area contributed by atoms with Crippen molar-refractivity contribution in [3.05, 3.63) is 71.8 Å². The number of fused-ring (bicyclic) bond motifs is 1. The molecule has 2 heterocycles. The number of hydrogen-bond acceptors (Lipinski definition) is 5. The van der Waals surface area contributed by atoms with Gasteiger partial charge in [-0.15, -0.1) is 0 Å². The Kier molecular flexibility index (Phi) is 5.61. The molecule has 0 radical (unpaired) electrons. The van der Waals surface area contributed by atoms with Gasteiger partial charge in [0.15, 0.2) is 0 Å². The molecule has 4 rings (SSSR count). The van der Waals surface area contributed by atoms with Gasteiger partial charge >= 0.3 is 0 Å². The summed E-state index contributed by atoms with van der Waals surface area (Å²) in [5.41, 5.74) is 3.61. The highest BCUT2D eigenvalue weighted by atomic mass is 16.1. The minimum atomic E-state index is 0.0251. The summed E-state index contributed by atoms with van der Waals surface area (Å²) in [6.45, 7) is 1.26. The molecule has 0 saturated carbocycles. The predicted molar refractivity (Wildman–Crippen MR) is 107 cm³/mol. The average Bonchev–Trinajstić information content (AvgIpc) is 3.13. The Bertz CT molecular complexity index is 909. The lowest BCUT2D eigenvalue weighted by Crippen LogP contribution is -2.32. The van der Waals surface area contributed by atoms with Crippen molar-refractivity contribution < 1.29 is 4.79 Å². The molecular weight excluding hydrogens is 352 g/mol. The van der Waals surface area contributed by atoms with E-state index >= 15 is 0 Å². The molecule has 1 amide bonds. The molecule has 1 aliphatic carbocycles. The molecule has 28 heavy (non-hydrogen) atoms. The molecule has 1 atom stereocenters. The highest BCUT2D eigenvalue weighted by Gasteiger charge is 2.25. The maximum atomic E-state index is 12.4. The molecule has 0 bridgehead atoms. The second-order valence-corrected chi connectivity index (χ2v) is 6.95. The van der Waals surface area contributed by atoms with E-state index < -0.39 is 0 Å². The molecule has 7 heteroatoms. The summed E-state index contributed by atoms with van der Waals surface area (Å²) < 4.78 is 2.07. The maximum Gasteiger partial charge on any atom is 0.222 e. The van der Waals surface area contributed by atoms with E-state index in [2.05, 4.69) is 42.5 Å². The van der Waals surface area contributed by atoms with Gasteiger partial charge in [0.25, 0.3) is 0 Å². The van der Waals surface area contributed by atoms with E-state index in [0.717, 1.165) is 31.4 Å². The molecule has 2 N–H and O–H groups in total. The first-order valence-electron chi connectivity index (χ1n) is 9.68. The highest BCUT2D eigenvalue weighted by Crippen LogP contribution is 2.30. The molecule has 0 aliphatic heterocycles. The third kappa shape index (κ3) is 4.36. The average molecular weight is 376 g/mol. The third-order valence-corrected chi connectivity index (χ3v) is 4.97. The lowest BCUT2D eigenvalue weighted by molar-refractivity contribution is -0.121. The Hall–Kier alpha value is -3.22. The van der Waals surface area contributed by atoms with Crippen molar-refractivity contribution in [3.8, 4) is 0 Å². The summed E-state index contributed by atoms with van der Waals surface area (Å²) in [5, 5.41) is 10.8. The summed E-state index contributed by atoms with van der Waals surface area (Å²) in [4.78, 5) is 20.6. The van der Waals surface area contributed by atoms with Gasteiger partial charge in [-0.2, -0.15) is 5.10 Å². The Morgan fingerprint density at radius 3 is 2.79 bits per heavy atom. The van der Waals surface area contributed by atoms with Crippen LogP contribution in [0.4, 0.5) is 5.95 Å². The van der Waals surface area contributed by atoms with Gasteiger partial charge < -0.3 is 10.6 Å². The van der Waals surface area contributed by atoms with Crippen LogP contribution >= 0.6 is 0 Å². The Morgan fingerprint density at radius 1 is 1.14 bits per heavy atom. The zero-order valence-electron chi connectivity index (χ0n) is 15.7. The van der Waals surface area contributed by atoms with Crippen molar-refractivity contribution >= 4 is 11.9 Å². The smallest absolute Gasteiger partial charge is 0.222 e. The summed E-state index contributed by atoms with van der Waals surface area (Å²) in [7, 11) is 0. The zero-order chi connectivity index (χ0) is 19.2. The van der Waals surface area contributed by atoms with Gasteiger partial charge in [-0.05, 0) is 30.9 Å². The summed E-state index contributed by atoms with van der Waals surface area (Å²) in [5.74, 6) is 0.564. The van der Waals surface area contributed by atoms with Gasteiger partial charge in [-0.3, -0.25) is 9.48 Å². The fraction of sp³-hybridized carbons (Fsp3) is 0.333. The van der Waals surface area contributed by atoms with Gasteiger partial charge in [0, 0.05) is 36.6 Å². The van der Waals surface area contributed by atoms with Crippen LogP contribution in [0.15, 0.2) is 55.0 Å². The van der Waals surface area contributed by atoms with E-state index in [0.29, 0.717) is 18.9 Å². The third-order valence-electron chi connectivity index (χ3n) is 4.97. The zero-order valence-corrected chi connectivity index (χ0v) is 15.7. The van der Waals surface area contributed by atoms with E-state index in [-0.39, 0.29) is 11.9 Å². The molecule has 144 valence electrons. The van der Waals surface area contributed by atoms with E-state index in [1.807, 2.05) is 24.4 Å². The number of nitrogens with zero attached hydrogens (tertiary/aromatic N) is 4. The van der Waals surface area contributed by atoms with Gasteiger partial charge in [0.2, 0.25) is 11.9 Å². The van der Waals surface area contributed by atoms with Gasteiger partial charge in [0.1, 0.15) is 0 Å². The molecule has 0 spiro atoms. The number of nitrogens with one attached hydrogen (secondary N) is 2. The Balaban J connectivity index is 1.35. The molecule has 7 nitrogen and oxygen atoms in total. The SMILES string of the molecule is O=C(CCNc1ncccn1)N[C@@H]1CCCc2c1cnn2Cc1ccccc1. The number of carbonyl (C=O) groups is 1. The number of benzene rings is 1. The van der Waals surface area contributed by atoms with Crippen molar-refractivity contribution in [2.75, 3.05) is 11.9 Å². The van der Waals surface area contributed by atoms with Crippen LogP contribution in [-0.2, 0) is 17.8 Å². The molecule has 3 aromatic rings. The minimum Gasteiger partial charge on any atom is -0.354 e. The van der Waals surface area contributed by atoms with Crippen molar-refractivity contribution in [1.82, 2.24) is 25.1 Å². The van der Waals surface area contributed by atoms with Crippen LogP contribution in [0.1, 0.15) is 42.1 Å².